The summed E-state index contributed by atoms with van der Waals surface area (Å²) in [7, 11) is 0. The molecule has 0 bridgehead atoms. The van der Waals surface area contributed by atoms with Crippen LogP contribution in [0.3, 0.4) is 0 Å². The molecule has 3 heteroatoms. The summed E-state index contributed by atoms with van der Waals surface area (Å²) in [5.41, 5.74) is 3.92. The highest BCUT2D eigenvalue weighted by atomic mass is 16.1. The van der Waals surface area contributed by atoms with E-state index in [-0.39, 0.29) is 30.8 Å². The summed E-state index contributed by atoms with van der Waals surface area (Å²) in [6.07, 6.45) is 5.64. The van der Waals surface area contributed by atoms with Crippen LogP contribution in [0.2, 0.25) is 0 Å². The Morgan fingerprint density at radius 1 is 1.00 bits per heavy atom. The normalized spacial score (nSPS) is 9.79. The van der Waals surface area contributed by atoms with Gasteiger partial charge in [-0.05, 0) is 47.9 Å². The number of hydrogen-bond acceptors (Lipinski definition) is 3. The third kappa shape index (κ3) is 4.66. The molecule has 3 nitrogen and oxygen atoms in total. The molecule has 118 valence electrons. The Labute approximate surface area is 141 Å². The van der Waals surface area contributed by atoms with Crippen LogP contribution >= 0.6 is 0 Å². The third-order valence-corrected chi connectivity index (χ3v) is 3.78. The Morgan fingerprint density at radius 3 is 2.21 bits per heavy atom. The van der Waals surface area contributed by atoms with Crippen LogP contribution < -0.4 is 0 Å². The van der Waals surface area contributed by atoms with Crippen molar-refractivity contribution < 1.29 is 9.59 Å². The Bertz CT molecular complexity index is 849. The van der Waals surface area contributed by atoms with Crippen molar-refractivity contribution in [3.8, 4) is 18.4 Å². The van der Waals surface area contributed by atoms with E-state index in [2.05, 4.69) is 12.0 Å². The van der Waals surface area contributed by atoms with Gasteiger partial charge in [-0.15, -0.1) is 6.42 Å². The van der Waals surface area contributed by atoms with Crippen LogP contribution in [0.25, 0.3) is 0 Å². The molecule has 2 aromatic rings. The first kappa shape index (κ1) is 17.2. The van der Waals surface area contributed by atoms with E-state index in [0.29, 0.717) is 5.56 Å². The van der Waals surface area contributed by atoms with Gasteiger partial charge in [-0.3, -0.25) is 9.59 Å². The van der Waals surface area contributed by atoms with E-state index in [0.717, 1.165) is 22.3 Å². The van der Waals surface area contributed by atoms with Crippen LogP contribution in [-0.4, -0.2) is 11.6 Å². The maximum Gasteiger partial charge on any atom is 0.144 e. The van der Waals surface area contributed by atoms with Crippen LogP contribution in [0.1, 0.15) is 34.2 Å². The van der Waals surface area contributed by atoms with Gasteiger partial charge in [-0.1, -0.05) is 24.1 Å². The Morgan fingerprint density at radius 2 is 1.62 bits per heavy atom. The number of nitriles is 1. The van der Waals surface area contributed by atoms with Gasteiger partial charge in [0.25, 0.3) is 0 Å². The molecule has 0 aliphatic rings. The van der Waals surface area contributed by atoms with Crippen molar-refractivity contribution in [2.24, 2.45) is 0 Å². The molecule has 0 unspecified atom stereocenters. The van der Waals surface area contributed by atoms with Crippen molar-refractivity contribution in [3.05, 3.63) is 70.3 Å². The monoisotopic (exact) mass is 315 g/mol. The molecule has 0 aromatic heterocycles. The number of aryl methyl sites for hydroxylation is 1. The van der Waals surface area contributed by atoms with Crippen LogP contribution in [0.5, 0.6) is 0 Å². The number of ketones is 2. The second-order valence-electron chi connectivity index (χ2n) is 5.70. The molecule has 2 aromatic carbocycles. The molecule has 0 heterocycles. The first-order chi connectivity index (χ1) is 11.5. The highest BCUT2D eigenvalue weighted by Gasteiger charge is 2.12. The lowest BCUT2D eigenvalue weighted by atomic mass is 9.97. The van der Waals surface area contributed by atoms with E-state index in [4.69, 9.17) is 11.7 Å². The van der Waals surface area contributed by atoms with Crippen molar-refractivity contribution >= 4 is 11.6 Å². The maximum atomic E-state index is 12.1. The zero-order chi connectivity index (χ0) is 17.5. The lowest BCUT2D eigenvalue weighted by Gasteiger charge is -2.06. The molecule has 0 N–H and O–H groups in total. The summed E-state index contributed by atoms with van der Waals surface area (Å²) < 4.78 is 0. The molecule has 2 rings (SSSR count). The van der Waals surface area contributed by atoms with Crippen molar-refractivity contribution in [2.45, 2.75) is 26.2 Å². The number of nitrogens with zero attached hydrogens (tertiary/aromatic N) is 1. The predicted octanol–water partition coefficient (Wildman–Crippen LogP) is 3.16. The van der Waals surface area contributed by atoms with E-state index >= 15 is 0 Å². The van der Waals surface area contributed by atoms with E-state index in [1.165, 1.54) is 0 Å². The molecular weight excluding hydrogens is 298 g/mol. The summed E-state index contributed by atoms with van der Waals surface area (Å²) >= 11 is 0. The Kier molecular flexibility index (Phi) is 5.66. The van der Waals surface area contributed by atoms with Crippen LogP contribution in [0.4, 0.5) is 0 Å². The molecule has 0 spiro atoms. The fourth-order valence-electron chi connectivity index (χ4n) is 2.47. The smallest absolute Gasteiger partial charge is 0.144 e. The first-order valence-electron chi connectivity index (χ1n) is 7.60. The van der Waals surface area contributed by atoms with Crippen LogP contribution in [-0.2, 0) is 22.4 Å². The van der Waals surface area contributed by atoms with Crippen molar-refractivity contribution in [1.29, 1.82) is 5.26 Å². The lowest BCUT2D eigenvalue weighted by molar-refractivity contribution is -0.126. The number of rotatable bonds is 6. The Hall–Kier alpha value is -3.17. The van der Waals surface area contributed by atoms with Gasteiger partial charge in [0, 0.05) is 18.4 Å². The molecule has 0 atom stereocenters. The largest absolute Gasteiger partial charge is 0.299 e. The number of Topliss-reactive ketones (excluding diaryl/α,β-unsaturated/α-hetero) is 2. The number of carbonyl (C=O) groups excluding carboxylic acids is 2. The van der Waals surface area contributed by atoms with Crippen molar-refractivity contribution in [1.82, 2.24) is 0 Å². The molecule has 0 saturated carbocycles. The van der Waals surface area contributed by atoms with Gasteiger partial charge in [0.2, 0.25) is 0 Å². The van der Waals surface area contributed by atoms with Crippen molar-refractivity contribution in [2.75, 3.05) is 0 Å². The van der Waals surface area contributed by atoms with Gasteiger partial charge in [-0.25, -0.2) is 0 Å². The minimum atomic E-state index is -0.118. The van der Waals surface area contributed by atoms with E-state index in [1.54, 1.807) is 30.3 Å². The van der Waals surface area contributed by atoms with Crippen LogP contribution in [0, 0.1) is 30.6 Å². The standard InChI is InChI=1S/C21H17NO2/c1-3-16-4-6-17(7-5-16)11-20(23)13-21(24)12-19-9-8-18(14-22)10-15(19)2/h1,4-10H,11-13H2,2H3. The fourth-order valence-corrected chi connectivity index (χ4v) is 2.47. The van der Waals surface area contributed by atoms with E-state index in [1.807, 2.05) is 19.1 Å². The zero-order valence-corrected chi connectivity index (χ0v) is 13.5. The van der Waals surface area contributed by atoms with E-state index < -0.39 is 0 Å². The second kappa shape index (κ2) is 7.90. The maximum absolute atomic E-state index is 12.1. The number of benzene rings is 2. The topological polar surface area (TPSA) is 57.9 Å². The minimum absolute atomic E-state index is 0.0870. The summed E-state index contributed by atoms with van der Waals surface area (Å²) in [4.78, 5) is 24.2. The van der Waals surface area contributed by atoms with Gasteiger partial charge in [-0.2, -0.15) is 5.26 Å². The molecule has 24 heavy (non-hydrogen) atoms. The summed E-state index contributed by atoms with van der Waals surface area (Å²) in [6, 6.07) is 14.5. The molecule has 0 aliphatic carbocycles. The fraction of sp³-hybridized carbons (Fsp3) is 0.190. The van der Waals surface area contributed by atoms with Gasteiger partial charge >= 0.3 is 0 Å². The van der Waals surface area contributed by atoms with Crippen molar-refractivity contribution in [3.63, 3.8) is 0 Å². The molecule has 0 amide bonds. The summed E-state index contributed by atoms with van der Waals surface area (Å²) in [5.74, 6) is 2.29. The minimum Gasteiger partial charge on any atom is -0.299 e. The summed E-state index contributed by atoms with van der Waals surface area (Å²) in [5, 5.41) is 8.85. The molecule has 0 fully saturated rings. The number of hydrogen-bond donors (Lipinski definition) is 0. The van der Waals surface area contributed by atoms with Gasteiger partial charge < -0.3 is 0 Å². The number of carbonyl (C=O) groups is 2. The highest BCUT2D eigenvalue weighted by molar-refractivity contribution is 6.00. The lowest BCUT2D eigenvalue weighted by Crippen LogP contribution is -2.13. The zero-order valence-electron chi connectivity index (χ0n) is 13.5. The summed E-state index contributed by atoms with van der Waals surface area (Å²) in [6.45, 7) is 1.86. The molecule has 0 aliphatic heterocycles. The quantitative estimate of drug-likeness (QED) is 0.608. The van der Waals surface area contributed by atoms with E-state index in [9.17, 15) is 9.59 Å². The molecule has 0 radical (unpaired) electrons. The van der Waals surface area contributed by atoms with Gasteiger partial charge in [0.15, 0.2) is 0 Å². The highest BCUT2D eigenvalue weighted by Crippen LogP contribution is 2.13. The second-order valence-corrected chi connectivity index (χ2v) is 5.70. The van der Waals surface area contributed by atoms with Gasteiger partial charge in [0.1, 0.15) is 11.6 Å². The molecular formula is C21H17NO2. The predicted molar refractivity (Wildman–Crippen MR) is 92.3 cm³/mol. The first-order valence-corrected chi connectivity index (χ1v) is 7.60. The average Bonchev–Trinajstić information content (AvgIpc) is 2.57. The van der Waals surface area contributed by atoms with Gasteiger partial charge in [0.05, 0.1) is 18.1 Å². The number of terminal acetylenes is 1. The third-order valence-electron chi connectivity index (χ3n) is 3.78. The van der Waals surface area contributed by atoms with Crippen LogP contribution in [0.15, 0.2) is 42.5 Å². The Balaban J connectivity index is 1.93. The average molecular weight is 315 g/mol. The SMILES string of the molecule is C#Cc1ccc(CC(=O)CC(=O)Cc2ccc(C#N)cc2C)cc1. The molecule has 0 saturated heterocycles.